The number of nitrogens with one attached hydrogen (secondary N) is 1. The number of nitrogens with zero attached hydrogens (tertiary/aromatic N) is 1. The molecule has 1 fully saturated rings. The Balaban J connectivity index is 0.00000312. The standard InChI is InChI=1S/C18H26N2O4.ClH/c1-13(2)14-5-7-15(8-6-14)24-11-9-19-17(21)12-20-10-3-4-16(20)18(22)23;/h5-8,13,16H,3-4,9-12H2,1-2H3,(H,19,21)(H,22,23);1H. The van der Waals surface area contributed by atoms with E-state index in [0.29, 0.717) is 32.0 Å². The fourth-order valence-corrected chi connectivity index (χ4v) is 2.84. The van der Waals surface area contributed by atoms with Crippen LogP contribution in [0.5, 0.6) is 5.75 Å². The molecule has 0 spiro atoms. The number of hydrogen-bond acceptors (Lipinski definition) is 4. The summed E-state index contributed by atoms with van der Waals surface area (Å²) in [6, 6.07) is 7.40. The van der Waals surface area contributed by atoms with E-state index in [0.717, 1.165) is 12.2 Å². The van der Waals surface area contributed by atoms with Crippen LogP contribution in [-0.4, -0.2) is 54.2 Å². The fourth-order valence-electron chi connectivity index (χ4n) is 2.84. The van der Waals surface area contributed by atoms with Crippen LogP contribution in [0.4, 0.5) is 0 Å². The average molecular weight is 371 g/mol. The molecule has 2 rings (SSSR count). The number of carbonyl (C=O) groups excluding carboxylic acids is 1. The summed E-state index contributed by atoms with van der Waals surface area (Å²) in [6.07, 6.45) is 1.43. The van der Waals surface area contributed by atoms with E-state index in [1.165, 1.54) is 5.56 Å². The molecular formula is C18H27ClN2O4. The van der Waals surface area contributed by atoms with Crippen molar-refractivity contribution in [2.24, 2.45) is 0 Å². The maximum atomic E-state index is 11.9. The maximum Gasteiger partial charge on any atom is 0.320 e. The molecule has 0 radical (unpaired) electrons. The van der Waals surface area contributed by atoms with Gasteiger partial charge < -0.3 is 15.2 Å². The van der Waals surface area contributed by atoms with E-state index < -0.39 is 12.0 Å². The van der Waals surface area contributed by atoms with Gasteiger partial charge in [0.1, 0.15) is 18.4 Å². The number of carboxylic acids is 1. The lowest BCUT2D eigenvalue weighted by Crippen LogP contribution is -2.43. The Kier molecular flexibility index (Phi) is 8.72. The zero-order chi connectivity index (χ0) is 17.5. The van der Waals surface area contributed by atoms with Gasteiger partial charge in [-0.1, -0.05) is 26.0 Å². The molecule has 1 amide bonds. The van der Waals surface area contributed by atoms with Crippen LogP contribution in [0.2, 0.25) is 0 Å². The molecule has 1 aromatic rings. The minimum Gasteiger partial charge on any atom is -0.492 e. The maximum absolute atomic E-state index is 11.9. The number of hydrogen-bond donors (Lipinski definition) is 2. The summed E-state index contributed by atoms with van der Waals surface area (Å²) in [4.78, 5) is 24.7. The first-order valence-corrected chi connectivity index (χ1v) is 8.43. The smallest absolute Gasteiger partial charge is 0.320 e. The molecule has 1 aliphatic heterocycles. The SMILES string of the molecule is CC(C)c1ccc(OCCNC(=O)CN2CCCC2C(=O)O)cc1.Cl. The van der Waals surface area contributed by atoms with Gasteiger partial charge in [-0.15, -0.1) is 12.4 Å². The molecule has 140 valence electrons. The number of amides is 1. The predicted molar refractivity (Wildman–Crippen MR) is 98.5 cm³/mol. The van der Waals surface area contributed by atoms with Gasteiger partial charge in [-0.05, 0) is 43.0 Å². The number of benzene rings is 1. The Labute approximate surface area is 154 Å². The molecule has 0 aromatic heterocycles. The summed E-state index contributed by atoms with van der Waals surface area (Å²) in [5.41, 5.74) is 1.26. The highest BCUT2D eigenvalue weighted by Gasteiger charge is 2.31. The third-order valence-corrected chi connectivity index (χ3v) is 4.24. The molecule has 1 atom stereocenters. The minimum absolute atomic E-state index is 0. The van der Waals surface area contributed by atoms with Crippen LogP contribution in [0.25, 0.3) is 0 Å². The van der Waals surface area contributed by atoms with Gasteiger partial charge in [-0.25, -0.2) is 0 Å². The summed E-state index contributed by atoms with van der Waals surface area (Å²) in [5.74, 6) is 0.244. The second kappa shape index (κ2) is 10.3. The normalized spacial score (nSPS) is 17.2. The molecule has 1 saturated heterocycles. The first-order chi connectivity index (χ1) is 11.5. The van der Waals surface area contributed by atoms with Crippen molar-refractivity contribution in [1.82, 2.24) is 10.2 Å². The number of halogens is 1. The average Bonchev–Trinajstić information content (AvgIpc) is 3.00. The summed E-state index contributed by atoms with van der Waals surface area (Å²) in [7, 11) is 0. The summed E-state index contributed by atoms with van der Waals surface area (Å²) in [6.45, 7) is 5.84. The lowest BCUT2D eigenvalue weighted by Gasteiger charge is -2.20. The summed E-state index contributed by atoms with van der Waals surface area (Å²) in [5, 5.41) is 11.9. The van der Waals surface area contributed by atoms with E-state index in [9.17, 15) is 9.59 Å². The Morgan fingerprint density at radius 3 is 2.60 bits per heavy atom. The molecule has 0 bridgehead atoms. The number of carboxylic acid groups (broad SMARTS) is 1. The highest BCUT2D eigenvalue weighted by atomic mass is 35.5. The van der Waals surface area contributed by atoms with Crippen LogP contribution in [0.15, 0.2) is 24.3 Å². The predicted octanol–water partition coefficient (Wildman–Crippen LogP) is 2.28. The van der Waals surface area contributed by atoms with Crippen molar-refractivity contribution < 1.29 is 19.4 Å². The Hall–Kier alpha value is -1.79. The summed E-state index contributed by atoms with van der Waals surface area (Å²) < 4.78 is 5.60. The molecule has 0 saturated carbocycles. The molecule has 1 heterocycles. The van der Waals surface area contributed by atoms with E-state index >= 15 is 0 Å². The number of aliphatic carboxylic acids is 1. The Bertz CT molecular complexity index is 563. The highest BCUT2D eigenvalue weighted by molar-refractivity contribution is 5.85. The van der Waals surface area contributed by atoms with Gasteiger partial charge in [0.05, 0.1) is 13.1 Å². The Morgan fingerprint density at radius 1 is 1.32 bits per heavy atom. The first-order valence-electron chi connectivity index (χ1n) is 8.43. The lowest BCUT2D eigenvalue weighted by molar-refractivity contribution is -0.142. The highest BCUT2D eigenvalue weighted by Crippen LogP contribution is 2.18. The first kappa shape index (κ1) is 21.3. The third-order valence-electron chi connectivity index (χ3n) is 4.24. The third kappa shape index (κ3) is 6.55. The molecule has 1 unspecified atom stereocenters. The Morgan fingerprint density at radius 2 is 2.00 bits per heavy atom. The van der Waals surface area contributed by atoms with Gasteiger partial charge in [-0.2, -0.15) is 0 Å². The van der Waals surface area contributed by atoms with E-state index in [1.54, 1.807) is 4.90 Å². The second-order valence-electron chi connectivity index (χ2n) is 6.39. The van der Waals surface area contributed by atoms with Gasteiger partial charge in [0.25, 0.3) is 0 Å². The number of ether oxygens (including phenoxy) is 1. The van der Waals surface area contributed by atoms with Gasteiger partial charge in [0.15, 0.2) is 0 Å². The van der Waals surface area contributed by atoms with Crippen LogP contribution < -0.4 is 10.1 Å². The molecule has 2 N–H and O–H groups in total. The van der Waals surface area contributed by atoms with Crippen molar-refractivity contribution in [3.8, 4) is 5.75 Å². The van der Waals surface area contributed by atoms with Crippen LogP contribution in [0, 0.1) is 0 Å². The van der Waals surface area contributed by atoms with E-state index in [2.05, 4.69) is 19.2 Å². The number of carbonyl (C=O) groups is 2. The van der Waals surface area contributed by atoms with E-state index in [1.807, 2.05) is 24.3 Å². The van der Waals surface area contributed by atoms with Gasteiger partial charge in [0.2, 0.25) is 5.91 Å². The van der Waals surface area contributed by atoms with Gasteiger partial charge in [-0.3, -0.25) is 14.5 Å². The zero-order valence-electron chi connectivity index (χ0n) is 14.7. The monoisotopic (exact) mass is 370 g/mol. The van der Waals surface area contributed by atoms with Crippen molar-refractivity contribution in [1.29, 1.82) is 0 Å². The molecule has 1 aliphatic rings. The topological polar surface area (TPSA) is 78.9 Å². The van der Waals surface area contributed by atoms with Crippen LogP contribution >= 0.6 is 12.4 Å². The van der Waals surface area contributed by atoms with Crippen LogP contribution in [-0.2, 0) is 9.59 Å². The largest absolute Gasteiger partial charge is 0.492 e. The fraction of sp³-hybridized carbons (Fsp3) is 0.556. The molecular weight excluding hydrogens is 344 g/mol. The van der Waals surface area contributed by atoms with Crippen LogP contribution in [0.1, 0.15) is 38.2 Å². The van der Waals surface area contributed by atoms with E-state index in [-0.39, 0.29) is 24.9 Å². The van der Waals surface area contributed by atoms with Crippen molar-refractivity contribution in [3.05, 3.63) is 29.8 Å². The van der Waals surface area contributed by atoms with Crippen molar-refractivity contribution >= 4 is 24.3 Å². The quantitative estimate of drug-likeness (QED) is 0.686. The number of rotatable bonds is 8. The summed E-state index contributed by atoms with van der Waals surface area (Å²) >= 11 is 0. The van der Waals surface area contributed by atoms with Crippen LogP contribution in [0.3, 0.4) is 0 Å². The lowest BCUT2D eigenvalue weighted by atomic mass is 10.0. The van der Waals surface area contributed by atoms with Crippen molar-refractivity contribution in [2.45, 2.75) is 38.6 Å². The van der Waals surface area contributed by atoms with Gasteiger partial charge >= 0.3 is 5.97 Å². The molecule has 25 heavy (non-hydrogen) atoms. The van der Waals surface area contributed by atoms with Gasteiger partial charge in [0, 0.05) is 0 Å². The zero-order valence-corrected chi connectivity index (χ0v) is 15.6. The molecule has 0 aliphatic carbocycles. The minimum atomic E-state index is -0.853. The molecule has 1 aromatic carbocycles. The van der Waals surface area contributed by atoms with Crippen molar-refractivity contribution in [2.75, 3.05) is 26.2 Å². The van der Waals surface area contributed by atoms with Crippen molar-refractivity contribution in [3.63, 3.8) is 0 Å². The van der Waals surface area contributed by atoms with E-state index in [4.69, 9.17) is 9.84 Å². The number of likely N-dealkylation sites (tertiary alicyclic amines) is 1. The second-order valence-corrected chi connectivity index (χ2v) is 6.39. The molecule has 6 nitrogen and oxygen atoms in total. The molecule has 7 heteroatoms.